The summed E-state index contributed by atoms with van der Waals surface area (Å²) in [5.74, 6) is 0. The van der Waals surface area contributed by atoms with Crippen molar-refractivity contribution < 1.29 is 13.9 Å². The zero-order chi connectivity index (χ0) is 15.6. The summed E-state index contributed by atoms with van der Waals surface area (Å²) >= 11 is 1.39. The van der Waals surface area contributed by atoms with E-state index in [0.29, 0.717) is 16.9 Å². The van der Waals surface area contributed by atoms with Gasteiger partial charge in [0.05, 0.1) is 0 Å². The van der Waals surface area contributed by atoms with Crippen LogP contribution in [-0.2, 0) is 5.60 Å². The molecule has 0 saturated carbocycles. The van der Waals surface area contributed by atoms with Crippen molar-refractivity contribution in [2.75, 3.05) is 6.26 Å². The van der Waals surface area contributed by atoms with Crippen LogP contribution in [0.4, 0.5) is 8.78 Å². The molecule has 2 unspecified atom stereocenters. The number of aryl methyl sites for hydroxylation is 2. The van der Waals surface area contributed by atoms with Gasteiger partial charge in [-0.3, -0.25) is 0 Å². The van der Waals surface area contributed by atoms with Crippen LogP contribution < -0.4 is 0 Å². The molecular formula is C15H23F2OPS. The van der Waals surface area contributed by atoms with Gasteiger partial charge in [0.15, 0.2) is 5.60 Å². The lowest BCUT2D eigenvalue weighted by Gasteiger charge is -2.35. The van der Waals surface area contributed by atoms with Gasteiger partial charge in [0.25, 0.3) is 5.66 Å². The highest BCUT2D eigenvalue weighted by Gasteiger charge is 2.50. The van der Waals surface area contributed by atoms with E-state index >= 15 is 0 Å². The third kappa shape index (κ3) is 3.52. The maximum absolute atomic E-state index is 14.0. The molecular weight excluding hydrogens is 297 g/mol. The van der Waals surface area contributed by atoms with Crippen LogP contribution in [0.15, 0.2) is 17.0 Å². The van der Waals surface area contributed by atoms with E-state index in [1.807, 2.05) is 33.1 Å². The highest BCUT2D eigenvalue weighted by Crippen LogP contribution is 2.48. The van der Waals surface area contributed by atoms with Gasteiger partial charge >= 0.3 is 0 Å². The molecule has 114 valence electrons. The van der Waals surface area contributed by atoms with Gasteiger partial charge < -0.3 is 5.11 Å². The van der Waals surface area contributed by atoms with Crippen LogP contribution in [0.25, 0.3) is 0 Å². The Morgan fingerprint density at radius 1 is 1.25 bits per heavy atom. The van der Waals surface area contributed by atoms with Gasteiger partial charge in [-0.25, -0.2) is 0 Å². The number of aliphatic hydroxyl groups is 1. The lowest BCUT2D eigenvalue weighted by molar-refractivity contribution is -0.135. The average Bonchev–Trinajstić information content (AvgIpc) is 2.37. The fourth-order valence-corrected chi connectivity index (χ4v) is 3.24. The summed E-state index contributed by atoms with van der Waals surface area (Å²) in [6, 6.07) is 3.58. The molecule has 0 bridgehead atoms. The van der Waals surface area contributed by atoms with E-state index in [9.17, 15) is 13.9 Å². The van der Waals surface area contributed by atoms with E-state index in [1.54, 1.807) is 6.07 Å². The number of halogens is 2. The van der Waals surface area contributed by atoms with Crippen molar-refractivity contribution in [1.29, 1.82) is 0 Å². The van der Waals surface area contributed by atoms with E-state index in [1.165, 1.54) is 21.0 Å². The number of thioether (sulfide) groups is 1. The predicted octanol–water partition coefficient (Wildman–Crippen LogP) is 4.87. The third-order valence-electron chi connectivity index (χ3n) is 3.70. The number of benzene rings is 1. The SMILES string of the molecule is CCCCC(O)(c1cc(C)c(C)cc1SC)C(F)(F)P. The van der Waals surface area contributed by atoms with Crippen molar-refractivity contribution >= 4 is 21.0 Å². The molecule has 1 rings (SSSR count). The Hall–Kier alpha value is -0.180. The molecule has 0 radical (unpaired) electrons. The van der Waals surface area contributed by atoms with Gasteiger partial charge in [0.2, 0.25) is 0 Å². The van der Waals surface area contributed by atoms with Crippen LogP contribution >= 0.6 is 21.0 Å². The number of unbranched alkanes of at least 4 members (excludes halogenated alkanes) is 1. The van der Waals surface area contributed by atoms with Crippen molar-refractivity contribution in [3.8, 4) is 0 Å². The molecule has 0 heterocycles. The summed E-state index contributed by atoms with van der Waals surface area (Å²) in [4.78, 5) is 0.717. The Kier molecular flexibility index (Phi) is 6.01. The third-order valence-corrected chi connectivity index (χ3v) is 4.96. The number of alkyl halides is 2. The second-order valence-corrected chi connectivity index (χ2v) is 6.80. The van der Waals surface area contributed by atoms with Crippen LogP contribution in [0.3, 0.4) is 0 Å². The van der Waals surface area contributed by atoms with Crippen molar-refractivity contribution in [2.45, 2.75) is 56.2 Å². The highest BCUT2D eigenvalue weighted by atomic mass is 32.2. The maximum Gasteiger partial charge on any atom is 0.290 e. The molecule has 0 aromatic heterocycles. The standard InChI is InChI=1S/C15H23F2OPS/c1-5-6-7-14(18,15(16,17)19)12-8-10(2)11(3)9-13(12)20-4/h8-9,18H,5-7,19H2,1-4H3. The number of hydrogen-bond acceptors (Lipinski definition) is 2. The van der Waals surface area contributed by atoms with Gasteiger partial charge in [-0.15, -0.1) is 11.8 Å². The molecule has 0 amide bonds. The Morgan fingerprint density at radius 2 is 1.80 bits per heavy atom. The molecule has 0 aliphatic rings. The number of hydrogen-bond donors (Lipinski definition) is 1. The Balaban J connectivity index is 3.44. The molecule has 1 nitrogen and oxygen atoms in total. The van der Waals surface area contributed by atoms with Gasteiger partial charge in [0, 0.05) is 10.5 Å². The largest absolute Gasteiger partial charge is 0.378 e. The summed E-state index contributed by atoms with van der Waals surface area (Å²) < 4.78 is 28.1. The first-order valence-electron chi connectivity index (χ1n) is 6.72. The van der Waals surface area contributed by atoms with E-state index < -0.39 is 11.3 Å². The quantitative estimate of drug-likeness (QED) is 0.596. The minimum Gasteiger partial charge on any atom is -0.378 e. The minimum atomic E-state index is -3.26. The van der Waals surface area contributed by atoms with Crippen molar-refractivity contribution in [3.05, 3.63) is 28.8 Å². The minimum absolute atomic E-state index is 0.0516. The molecule has 20 heavy (non-hydrogen) atoms. The van der Waals surface area contributed by atoms with E-state index in [-0.39, 0.29) is 6.42 Å². The second-order valence-electron chi connectivity index (χ2n) is 5.22. The smallest absolute Gasteiger partial charge is 0.290 e. The van der Waals surface area contributed by atoms with Crippen molar-refractivity contribution in [1.82, 2.24) is 0 Å². The zero-order valence-corrected chi connectivity index (χ0v) is 14.4. The molecule has 0 aliphatic heterocycles. The molecule has 2 atom stereocenters. The van der Waals surface area contributed by atoms with Crippen molar-refractivity contribution in [3.63, 3.8) is 0 Å². The summed E-state index contributed by atoms with van der Waals surface area (Å²) in [5.41, 5.74) is -3.09. The van der Waals surface area contributed by atoms with Gasteiger partial charge in [-0.05, 0) is 43.7 Å². The van der Waals surface area contributed by atoms with Crippen LogP contribution in [0.1, 0.15) is 42.9 Å². The van der Waals surface area contributed by atoms with E-state index in [4.69, 9.17) is 0 Å². The molecule has 0 fully saturated rings. The summed E-state index contributed by atoms with van der Waals surface area (Å²) in [6.45, 7) is 5.75. The molecule has 0 spiro atoms. The first-order valence-corrected chi connectivity index (χ1v) is 8.52. The Morgan fingerprint density at radius 3 is 2.25 bits per heavy atom. The van der Waals surface area contributed by atoms with Gasteiger partial charge in [-0.1, -0.05) is 35.1 Å². The van der Waals surface area contributed by atoms with E-state index in [0.717, 1.165) is 17.5 Å². The van der Waals surface area contributed by atoms with Crippen LogP contribution in [-0.4, -0.2) is 17.0 Å². The first-order chi connectivity index (χ1) is 9.17. The zero-order valence-electron chi connectivity index (χ0n) is 12.5. The van der Waals surface area contributed by atoms with Crippen molar-refractivity contribution in [2.24, 2.45) is 0 Å². The molecule has 0 aliphatic carbocycles. The summed E-state index contributed by atoms with van der Waals surface area (Å²) in [7, 11) is 1.51. The fraction of sp³-hybridized carbons (Fsp3) is 0.600. The average molecular weight is 320 g/mol. The lowest BCUT2D eigenvalue weighted by atomic mass is 9.86. The van der Waals surface area contributed by atoms with Crippen LogP contribution in [0.2, 0.25) is 0 Å². The molecule has 1 aromatic carbocycles. The van der Waals surface area contributed by atoms with Crippen LogP contribution in [0, 0.1) is 13.8 Å². The molecule has 0 saturated heterocycles. The Labute approximate surface area is 126 Å². The summed E-state index contributed by atoms with van der Waals surface area (Å²) in [6.07, 6.45) is 3.22. The molecule has 1 aromatic rings. The monoisotopic (exact) mass is 320 g/mol. The topological polar surface area (TPSA) is 20.2 Å². The molecule has 5 heteroatoms. The number of rotatable bonds is 6. The fourth-order valence-electron chi connectivity index (χ4n) is 2.20. The first kappa shape index (κ1) is 17.9. The highest BCUT2D eigenvalue weighted by molar-refractivity contribution is 7.98. The Bertz CT molecular complexity index is 474. The summed E-state index contributed by atoms with van der Waals surface area (Å²) in [5, 5.41) is 10.7. The predicted molar refractivity (Wildman–Crippen MR) is 85.8 cm³/mol. The lowest BCUT2D eigenvalue weighted by Crippen LogP contribution is -2.41. The van der Waals surface area contributed by atoms with Gasteiger partial charge in [0.1, 0.15) is 0 Å². The normalized spacial score (nSPS) is 15.2. The maximum atomic E-state index is 14.0. The second kappa shape index (κ2) is 6.72. The van der Waals surface area contributed by atoms with E-state index in [2.05, 4.69) is 0 Å². The molecule has 1 N–H and O–H groups in total. The van der Waals surface area contributed by atoms with Crippen LogP contribution in [0.5, 0.6) is 0 Å². The van der Waals surface area contributed by atoms with Gasteiger partial charge in [-0.2, -0.15) is 8.78 Å².